The van der Waals surface area contributed by atoms with Gasteiger partial charge in [-0.2, -0.15) is 5.48 Å². The van der Waals surface area contributed by atoms with Gasteiger partial charge in [0, 0.05) is 10.6 Å². The number of hydroxylamine groups is 1. The number of benzene rings is 1. The highest BCUT2D eigenvalue weighted by molar-refractivity contribution is 6.30. The third-order valence-corrected chi connectivity index (χ3v) is 2.84. The molecule has 0 radical (unpaired) electrons. The van der Waals surface area contributed by atoms with Gasteiger partial charge in [-0.1, -0.05) is 18.5 Å². The largest absolute Gasteiger partial charge is 0.488 e. The molecule has 2 unspecified atom stereocenters. The zero-order valence-corrected chi connectivity index (χ0v) is 9.54. The Labute approximate surface area is 94.3 Å². The SMILES string of the molecule is CCC1Oc2ccc(Cl)cc2C1NOC. The van der Waals surface area contributed by atoms with Crippen LogP contribution in [0.2, 0.25) is 5.02 Å². The van der Waals surface area contributed by atoms with Crippen molar-refractivity contribution >= 4 is 11.6 Å². The highest BCUT2D eigenvalue weighted by Gasteiger charge is 2.33. The topological polar surface area (TPSA) is 30.5 Å². The van der Waals surface area contributed by atoms with E-state index < -0.39 is 0 Å². The van der Waals surface area contributed by atoms with E-state index in [0.29, 0.717) is 0 Å². The Hall–Kier alpha value is -0.770. The van der Waals surface area contributed by atoms with E-state index >= 15 is 0 Å². The monoisotopic (exact) mass is 227 g/mol. The van der Waals surface area contributed by atoms with E-state index in [1.54, 1.807) is 7.11 Å². The van der Waals surface area contributed by atoms with E-state index in [1.807, 2.05) is 18.2 Å². The molecule has 0 amide bonds. The van der Waals surface area contributed by atoms with Crippen molar-refractivity contribution in [2.45, 2.75) is 25.5 Å². The molecular weight excluding hydrogens is 214 g/mol. The standard InChI is InChI=1S/C11H14ClNO2/c1-3-9-11(13-14-2)8-6-7(12)4-5-10(8)15-9/h4-6,9,11,13H,3H2,1-2H3. The van der Waals surface area contributed by atoms with Crippen LogP contribution in [0, 0.1) is 0 Å². The lowest BCUT2D eigenvalue weighted by atomic mass is 10.0. The Bertz CT molecular complexity index is 356. The fourth-order valence-electron chi connectivity index (χ4n) is 1.89. The van der Waals surface area contributed by atoms with Crippen LogP contribution < -0.4 is 10.2 Å². The first kappa shape index (κ1) is 10.7. The number of fused-ring (bicyclic) bond motifs is 1. The van der Waals surface area contributed by atoms with Crippen LogP contribution in [0.1, 0.15) is 24.9 Å². The van der Waals surface area contributed by atoms with Gasteiger partial charge in [0.1, 0.15) is 11.9 Å². The molecule has 1 heterocycles. The van der Waals surface area contributed by atoms with E-state index in [-0.39, 0.29) is 12.1 Å². The van der Waals surface area contributed by atoms with Crippen LogP contribution in [0.3, 0.4) is 0 Å². The summed E-state index contributed by atoms with van der Waals surface area (Å²) >= 11 is 5.96. The molecule has 3 nitrogen and oxygen atoms in total. The maximum atomic E-state index is 5.96. The normalized spacial score (nSPS) is 23.7. The smallest absolute Gasteiger partial charge is 0.124 e. The Kier molecular flexibility index (Phi) is 3.14. The van der Waals surface area contributed by atoms with Gasteiger partial charge >= 0.3 is 0 Å². The summed E-state index contributed by atoms with van der Waals surface area (Å²) in [7, 11) is 1.61. The van der Waals surface area contributed by atoms with Crippen molar-refractivity contribution in [2.24, 2.45) is 0 Å². The minimum absolute atomic E-state index is 0.0636. The Balaban J connectivity index is 2.32. The molecule has 1 aliphatic heterocycles. The third kappa shape index (κ3) is 1.95. The summed E-state index contributed by atoms with van der Waals surface area (Å²) in [4.78, 5) is 4.98. The molecule has 0 spiro atoms. The maximum Gasteiger partial charge on any atom is 0.124 e. The van der Waals surface area contributed by atoms with Crippen LogP contribution >= 0.6 is 11.6 Å². The fraction of sp³-hybridized carbons (Fsp3) is 0.455. The molecule has 2 atom stereocenters. The second-order valence-electron chi connectivity index (χ2n) is 3.55. The second-order valence-corrected chi connectivity index (χ2v) is 3.98. The van der Waals surface area contributed by atoms with Crippen LogP contribution in [0.15, 0.2) is 18.2 Å². The van der Waals surface area contributed by atoms with Gasteiger partial charge in [-0.3, -0.25) is 0 Å². The van der Waals surface area contributed by atoms with Gasteiger partial charge in [0.05, 0.1) is 13.2 Å². The predicted molar refractivity (Wildman–Crippen MR) is 59.0 cm³/mol. The molecule has 1 aromatic rings. The van der Waals surface area contributed by atoms with E-state index in [9.17, 15) is 0 Å². The molecule has 0 aliphatic carbocycles. The van der Waals surface area contributed by atoms with Crippen molar-refractivity contribution < 1.29 is 9.57 Å². The lowest BCUT2D eigenvalue weighted by Gasteiger charge is -2.17. The van der Waals surface area contributed by atoms with Crippen LogP contribution in [0.4, 0.5) is 0 Å². The fourth-order valence-corrected chi connectivity index (χ4v) is 2.07. The van der Waals surface area contributed by atoms with Crippen LogP contribution in [-0.2, 0) is 4.84 Å². The summed E-state index contributed by atoms with van der Waals surface area (Å²) in [6.45, 7) is 2.09. The van der Waals surface area contributed by atoms with Gasteiger partial charge in [0.2, 0.25) is 0 Å². The highest BCUT2D eigenvalue weighted by Crippen LogP contribution is 2.39. The third-order valence-electron chi connectivity index (χ3n) is 2.60. The van der Waals surface area contributed by atoms with Crippen molar-refractivity contribution in [1.82, 2.24) is 5.48 Å². The summed E-state index contributed by atoms with van der Waals surface area (Å²) in [6.07, 6.45) is 1.03. The molecule has 82 valence electrons. The van der Waals surface area contributed by atoms with Gasteiger partial charge in [-0.05, 0) is 24.6 Å². The summed E-state index contributed by atoms with van der Waals surface area (Å²) in [6, 6.07) is 5.72. The molecule has 1 N–H and O–H groups in total. The van der Waals surface area contributed by atoms with Crippen molar-refractivity contribution in [2.75, 3.05) is 7.11 Å². The molecule has 0 fully saturated rings. The summed E-state index contributed by atoms with van der Waals surface area (Å²) in [5.74, 6) is 0.890. The van der Waals surface area contributed by atoms with E-state index in [0.717, 1.165) is 22.8 Å². The number of hydrogen-bond acceptors (Lipinski definition) is 3. The van der Waals surface area contributed by atoms with Crippen LogP contribution in [0.5, 0.6) is 5.75 Å². The Morgan fingerprint density at radius 2 is 2.33 bits per heavy atom. The van der Waals surface area contributed by atoms with Gasteiger partial charge in [-0.25, -0.2) is 0 Å². The zero-order valence-electron chi connectivity index (χ0n) is 8.79. The first-order valence-electron chi connectivity index (χ1n) is 5.01. The predicted octanol–water partition coefficient (Wildman–Crippen LogP) is 2.70. The summed E-state index contributed by atoms with van der Waals surface area (Å²) in [5.41, 5.74) is 4.01. The van der Waals surface area contributed by atoms with Crippen molar-refractivity contribution in [3.05, 3.63) is 28.8 Å². The minimum atomic E-state index is 0.0636. The van der Waals surface area contributed by atoms with Crippen molar-refractivity contribution in [3.8, 4) is 5.75 Å². The zero-order chi connectivity index (χ0) is 10.8. The number of rotatable bonds is 3. The lowest BCUT2D eigenvalue weighted by molar-refractivity contribution is 0.0283. The van der Waals surface area contributed by atoms with Crippen molar-refractivity contribution in [1.29, 1.82) is 0 Å². The molecule has 15 heavy (non-hydrogen) atoms. The lowest BCUT2D eigenvalue weighted by Crippen LogP contribution is -2.29. The second kappa shape index (κ2) is 4.39. The van der Waals surface area contributed by atoms with E-state index in [1.165, 1.54) is 0 Å². The summed E-state index contributed by atoms with van der Waals surface area (Å²) < 4.78 is 5.78. The number of hydrogen-bond donors (Lipinski definition) is 1. The summed E-state index contributed by atoms with van der Waals surface area (Å²) in [5, 5.41) is 0.719. The van der Waals surface area contributed by atoms with Gasteiger partial charge < -0.3 is 9.57 Å². The van der Waals surface area contributed by atoms with Crippen LogP contribution in [-0.4, -0.2) is 13.2 Å². The molecule has 0 saturated carbocycles. The van der Waals surface area contributed by atoms with Gasteiger partial charge in [0.15, 0.2) is 0 Å². The molecule has 0 aromatic heterocycles. The molecule has 0 bridgehead atoms. The van der Waals surface area contributed by atoms with E-state index in [2.05, 4.69) is 12.4 Å². The molecule has 1 aromatic carbocycles. The molecule has 0 saturated heterocycles. The minimum Gasteiger partial charge on any atom is -0.488 e. The molecule has 1 aliphatic rings. The van der Waals surface area contributed by atoms with E-state index in [4.69, 9.17) is 21.2 Å². The molecule has 2 rings (SSSR count). The van der Waals surface area contributed by atoms with Gasteiger partial charge in [-0.15, -0.1) is 0 Å². The first-order chi connectivity index (χ1) is 7.26. The number of nitrogens with one attached hydrogen (secondary N) is 1. The van der Waals surface area contributed by atoms with Gasteiger partial charge in [0.25, 0.3) is 0 Å². The highest BCUT2D eigenvalue weighted by atomic mass is 35.5. The first-order valence-corrected chi connectivity index (χ1v) is 5.38. The molecule has 4 heteroatoms. The number of halogens is 1. The average molecular weight is 228 g/mol. The Morgan fingerprint density at radius 3 is 3.00 bits per heavy atom. The van der Waals surface area contributed by atoms with Crippen molar-refractivity contribution in [3.63, 3.8) is 0 Å². The Morgan fingerprint density at radius 1 is 1.53 bits per heavy atom. The quantitative estimate of drug-likeness (QED) is 0.806. The molecular formula is C11H14ClNO2. The van der Waals surface area contributed by atoms with Crippen LogP contribution in [0.25, 0.3) is 0 Å². The number of ether oxygens (including phenoxy) is 1. The maximum absolute atomic E-state index is 5.96. The average Bonchev–Trinajstić information content (AvgIpc) is 2.57.